The predicted octanol–water partition coefficient (Wildman–Crippen LogP) is 2.68. The Labute approximate surface area is 101 Å². The van der Waals surface area contributed by atoms with E-state index in [1.807, 2.05) is 49.2 Å². The molecule has 0 aliphatic rings. The van der Waals surface area contributed by atoms with Crippen molar-refractivity contribution in [1.29, 1.82) is 0 Å². The number of nitrogens with one attached hydrogen (secondary N) is 1. The predicted molar refractivity (Wildman–Crippen MR) is 70.7 cm³/mol. The van der Waals surface area contributed by atoms with E-state index in [4.69, 9.17) is 0 Å². The molecule has 0 spiro atoms. The van der Waals surface area contributed by atoms with E-state index in [-0.39, 0.29) is 0 Å². The summed E-state index contributed by atoms with van der Waals surface area (Å²) in [6.45, 7) is 2.88. The molecule has 1 N–H and O–H groups in total. The first kappa shape index (κ1) is 11.4. The highest BCUT2D eigenvalue weighted by atomic mass is 15.2. The molecule has 0 amide bonds. The van der Waals surface area contributed by atoms with E-state index >= 15 is 0 Å². The lowest BCUT2D eigenvalue weighted by Crippen LogP contribution is -2.12. The van der Waals surface area contributed by atoms with Crippen LogP contribution >= 0.6 is 0 Å². The number of rotatable bonds is 4. The molecule has 0 saturated carbocycles. The zero-order valence-electron chi connectivity index (χ0n) is 10.1. The second-order valence-electron chi connectivity index (χ2n) is 3.69. The van der Waals surface area contributed by atoms with Crippen LogP contribution in [0.25, 0.3) is 0 Å². The van der Waals surface area contributed by atoms with Gasteiger partial charge in [-0.3, -0.25) is 4.98 Å². The standard InChI is InChI=1S/C13H16N4/c1-3-15-12-9-14-10-13(16-12)17(2)11-7-5-4-6-8-11/h4-10H,3H2,1-2H3,(H,15,16). The third-order valence-corrected chi connectivity index (χ3v) is 2.47. The van der Waals surface area contributed by atoms with E-state index in [1.54, 1.807) is 12.4 Å². The third kappa shape index (κ3) is 2.72. The number of aromatic nitrogens is 2. The van der Waals surface area contributed by atoms with Crippen LogP contribution in [0, 0.1) is 0 Å². The third-order valence-electron chi connectivity index (χ3n) is 2.47. The number of para-hydroxylation sites is 1. The monoisotopic (exact) mass is 228 g/mol. The van der Waals surface area contributed by atoms with E-state index in [1.165, 1.54) is 0 Å². The van der Waals surface area contributed by atoms with E-state index in [2.05, 4.69) is 15.3 Å². The van der Waals surface area contributed by atoms with Gasteiger partial charge in [-0.25, -0.2) is 4.98 Å². The van der Waals surface area contributed by atoms with Gasteiger partial charge < -0.3 is 10.2 Å². The van der Waals surface area contributed by atoms with Crippen LogP contribution in [0.2, 0.25) is 0 Å². The summed E-state index contributed by atoms with van der Waals surface area (Å²) in [5, 5.41) is 3.15. The van der Waals surface area contributed by atoms with Gasteiger partial charge in [0.1, 0.15) is 5.82 Å². The summed E-state index contributed by atoms with van der Waals surface area (Å²) >= 11 is 0. The Hall–Kier alpha value is -2.10. The largest absolute Gasteiger partial charge is 0.369 e. The first-order valence-electron chi connectivity index (χ1n) is 5.66. The second-order valence-corrected chi connectivity index (χ2v) is 3.69. The van der Waals surface area contributed by atoms with Gasteiger partial charge in [-0.2, -0.15) is 0 Å². The molecular weight excluding hydrogens is 212 g/mol. The highest BCUT2D eigenvalue weighted by Crippen LogP contribution is 2.21. The highest BCUT2D eigenvalue weighted by molar-refractivity contribution is 5.59. The van der Waals surface area contributed by atoms with Crippen LogP contribution in [0.5, 0.6) is 0 Å². The lowest BCUT2D eigenvalue weighted by molar-refractivity contribution is 1.06. The van der Waals surface area contributed by atoms with Crippen molar-refractivity contribution < 1.29 is 0 Å². The zero-order valence-corrected chi connectivity index (χ0v) is 10.1. The molecule has 0 radical (unpaired) electrons. The number of benzene rings is 1. The average Bonchev–Trinajstić information content (AvgIpc) is 2.40. The van der Waals surface area contributed by atoms with Gasteiger partial charge >= 0.3 is 0 Å². The van der Waals surface area contributed by atoms with Gasteiger partial charge in [0.05, 0.1) is 12.4 Å². The Morgan fingerprint density at radius 1 is 1.18 bits per heavy atom. The molecule has 17 heavy (non-hydrogen) atoms. The van der Waals surface area contributed by atoms with Gasteiger partial charge in [0, 0.05) is 19.3 Å². The SMILES string of the molecule is CCNc1cncc(N(C)c2ccccc2)n1. The molecule has 0 saturated heterocycles. The molecule has 0 bridgehead atoms. The van der Waals surface area contributed by atoms with E-state index < -0.39 is 0 Å². The quantitative estimate of drug-likeness (QED) is 0.873. The molecule has 0 aliphatic carbocycles. The lowest BCUT2D eigenvalue weighted by Gasteiger charge is -2.18. The highest BCUT2D eigenvalue weighted by Gasteiger charge is 2.05. The molecule has 0 aliphatic heterocycles. The van der Waals surface area contributed by atoms with E-state index in [9.17, 15) is 0 Å². The van der Waals surface area contributed by atoms with Crippen molar-refractivity contribution in [2.45, 2.75) is 6.92 Å². The van der Waals surface area contributed by atoms with Crippen molar-refractivity contribution in [3.8, 4) is 0 Å². The summed E-state index contributed by atoms with van der Waals surface area (Å²) in [5.41, 5.74) is 1.09. The molecular formula is C13H16N4. The minimum Gasteiger partial charge on any atom is -0.369 e. The maximum Gasteiger partial charge on any atom is 0.153 e. The minimum absolute atomic E-state index is 0.799. The fraction of sp³-hybridized carbons (Fsp3) is 0.231. The summed E-state index contributed by atoms with van der Waals surface area (Å²) in [6, 6.07) is 10.1. The Bertz CT molecular complexity index is 470. The average molecular weight is 228 g/mol. The summed E-state index contributed by atoms with van der Waals surface area (Å²) in [6.07, 6.45) is 3.49. The molecule has 1 aromatic heterocycles. The maximum atomic E-state index is 4.49. The number of hydrogen-bond donors (Lipinski definition) is 1. The van der Waals surface area contributed by atoms with Gasteiger partial charge in [0.25, 0.3) is 0 Å². The van der Waals surface area contributed by atoms with Crippen molar-refractivity contribution in [3.05, 3.63) is 42.7 Å². The van der Waals surface area contributed by atoms with Crippen molar-refractivity contribution >= 4 is 17.3 Å². The molecule has 0 unspecified atom stereocenters. The number of hydrogen-bond acceptors (Lipinski definition) is 4. The Morgan fingerprint density at radius 3 is 2.65 bits per heavy atom. The first-order valence-corrected chi connectivity index (χ1v) is 5.66. The van der Waals surface area contributed by atoms with Crippen molar-refractivity contribution in [2.75, 3.05) is 23.8 Å². The van der Waals surface area contributed by atoms with Crippen LogP contribution in [-0.4, -0.2) is 23.6 Å². The fourth-order valence-corrected chi connectivity index (χ4v) is 1.57. The summed E-state index contributed by atoms with van der Waals surface area (Å²) < 4.78 is 0. The maximum absolute atomic E-state index is 4.49. The molecule has 88 valence electrons. The Kier molecular flexibility index (Phi) is 3.55. The van der Waals surface area contributed by atoms with Crippen molar-refractivity contribution in [3.63, 3.8) is 0 Å². The lowest BCUT2D eigenvalue weighted by atomic mass is 10.3. The van der Waals surface area contributed by atoms with Crippen molar-refractivity contribution in [1.82, 2.24) is 9.97 Å². The summed E-state index contributed by atoms with van der Waals surface area (Å²) in [7, 11) is 1.98. The van der Waals surface area contributed by atoms with E-state index in [0.29, 0.717) is 0 Å². The van der Waals surface area contributed by atoms with Crippen molar-refractivity contribution in [2.24, 2.45) is 0 Å². The molecule has 0 atom stereocenters. The topological polar surface area (TPSA) is 41.1 Å². The normalized spacial score (nSPS) is 10.0. The van der Waals surface area contributed by atoms with Gasteiger partial charge in [0.15, 0.2) is 5.82 Å². The Balaban J connectivity index is 2.25. The number of anilines is 3. The molecule has 2 aromatic rings. The smallest absolute Gasteiger partial charge is 0.153 e. The minimum atomic E-state index is 0.799. The van der Waals surface area contributed by atoms with Crippen LogP contribution < -0.4 is 10.2 Å². The summed E-state index contributed by atoms with van der Waals surface area (Å²) in [4.78, 5) is 10.7. The molecule has 2 rings (SSSR count). The van der Waals surface area contributed by atoms with Crippen LogP contribution in [0.3, 0.4) is 0 Å². The van der Waals surface area contributed by atoms with E-state index in [0.717, 1.165) is 23.9 Å². The molecule has 1 aromatic carbocycles. The van der Waals surface area contributed by atoms with Crippen LogP contribution in [0.4, 0.5) is 17.3 Å². The Morgan fingerprint density at radius 2 is 1.94 bits per heavy atom. The fourth-order valence-electron chi connectivity index (χ4n) is 1.57. The second kappa shape index (κ2) is 5.30. The molecule has 4 heteroatoms. The molecule has 1 heterocycles. The summed E-state index contributed by atoms with van der Waals surface area (Å²) in [5.74, 6) is 1.63. The number of nitrogens with zero attached hydrogens (tertiary/aromatic N) is 3. The van der Waals surface area contributed by atoms with Gasteiger partial charge in [-0.05, 0) is 19.1 Å². The van der Waals surface area contributed by atoms with Crippen LogP contribution in [-0.2, 0) is 0 Å². The first-order chi connectivity index (χ1) is 8.31. The van der Waals surface area contributed by atoms with Crippen LogP contribution in [0.1, 0.15) is 6.92 Å². The van der Waals surface area contributed by atoms with Gasteiger partial charge in [-0.1, -0.05) is 18.2 Å². The van der Waals surface area contributed by atoms with Gasteiger partial charge in [0.2, 0.25) is 0 Å². The molecule has 0 fully saturated rings. The van der Waals surface area contributed by atoms with Crippen LogP contribution in [0.15, 0.2) is 42.7 Å². The molecule has 4 nitrogen and oxygen atoms in total. The zero-order chi connectivity index (χ0) is 12.1. The van der Waals surface area contributed by atoms with Gasteiger partial charge in [-0.15, -0.1) is 0 Å².